The van der Waals surface area contributed by atoms with Gasteiger partial charge in [-0.25, -0.2) is 0 Å². The average Bonchev–Trinajstić information content (AvgIpc) is 2.03. The quantitative estimate of drug-likeness (QED) is 0.855. The van der Waals surface area contributed by atoms with Gasteiger partial charge in [0.05, 0.1) is 12.1 Å². The maximum absolute atomic E-state index is 9.25. The van der Waals surface area contributed by atoms with E-state index in [1.54, 1.807) is 25.1 Å². The third-order valence-corrected chi connectivity index (χ3v) is 2.40. The SMILES string of the molecule is C[C@@H](O)[C@@H](N)c1ccc(Cl)cc1Cl.Cl. The Hall–Kier alpha value is 0.01000. The second kappa shape index (κ2) is 5.79. The highest BCUT2D eigenvalue weighted by molar-refractivity contribution is 6.35. The summed E-state index contributed by atoms with van der Waals surface area (Å²) in [5.74, 6) is 0. The van der Waals surface area contributed by atoms with Crippen LogP contribution in [0.15, 0.2) is 18.2 Å². The van der Waals surface area contributed by atoms with Crippen molar-refractivity contribution in [3.05, 3.63) is 33.8 Å². The maximum Gasteiger partial charge on any atom is 0.0705 e. The van der Waals surface area contributed by atoms with Crippen LogP contribution in [0.25, 0.3) is 0 Å². The molecule has 0 bridgehead atoms. The van der Waals surface area contributed by atoms with E-state index in [0.717, 1.165) is 0 Å². The molecule has 2 nitrogen and oxygen atoms in total. The van der Waals surface area contributed by atoms with Crippen LogP contribution in [0.5, 0.6) is 0 Å². The summed E-state index contributed by atoms with van der Waals surface area (Å²) in [7, 11) is 0. The van der Waals surface area contributed by atoms with Crippen molar-refractivity contribution in [1.29, 1.82) is 0 Å². The zero-order chi connectivity index (χ0) is 10.0. The Bertz CT molecular complexity index is 304. The van der Waals surface area contributed by atoms with Crippen LogP contribution in [0.1, 0.15) is 18.5 Å². The molecular weight excluding hydrogens is 244 g/mol. The van der Waals surface area contributed by atoms with Crippen LogP contribution < -0.4 is 5.73 Å². The molecule has 3 N–H and O–H groups in total. The lowest BCUT2D eigenvalue weighted by atomic mass is 10.0. The minimum atomic E-state index is -0.626. The van der Waals surface area contributed by atoms with Gasteiger partial charge < -0.3 is 10.8 Å². The molecule has 5 heteroatoms. The van der Waals surface area contributed by atoms with Crippen molar-refractivity contribution in [1.82, 2.24) is 0 Å². The summed E-state index contributed by atoms with van der Waals surface area (Å²) in [5, 5.41) is 10.3. The highest BCUT2D eigenvalue weighted by atomic mass is 35.5. The van der Waals surface area contributed by atoms with Crippen LogP contribution in [-0.2, 0) is 0 Å². The molecule has 0 fully saturated rings. The van der Waals surface area contributed by atoms with Gasteiger partial charge in [0.15, 0.2) is 0 Å². The second-order valence-electron chi connectivity index (χ2n) is 2.93. The van der Waals surface area contributed by atoms with E-state index in [1.807, 2.05) is 0 Å². The smallest absolute Gasteiger partial charge is 0.0705 e. The molecule has 0 saturated carbocycles. The monoisotopic (exact) mass is 255 g/mol. The molecule has 0 heterocycles. The Morgan fingerprint density at radius 2 is 1.93 bits per heavy atom. The number of hydrogen-bond acceptors (Lipinski definition) is 2. The van der Waals surface area contributed by atoms with Crippen molar-refractivity contribution >= 4 is 35.6 Å². The molecule has 14 heavy (non-hydrogen) atoms. The highest BCUT2D eigenvalue weighted by Crippen LogP contribution is 2.26. The first-order valence-electron chi connectivity index (χ1n) is 3.91. The molecular formula is C9H12Cl3NO. The van der Waals surface area contributed by atoms with E-state index in [4.69, 9.17) is 28.9 Å². The van der Waals surface area contributed by atoms with E-state index in [9.17, 15) is 5.11 Å². The van der Waals surface area contributed by atoms with E-state index in [2.05, 4.69) is 0 Å². The summed E-state index contributed by atoms with van der Waals surface area (Å²) in [6.45, 7) is 1.62. The van der Waals surface area contributed by atoms with Gasteiger partial charge in [-0.05, 0) is 24.6 Å². The van der Waals surface area contributed by atoms with E-state index in [-0.39, 0.29) is 12.4 Å². The van der Waals surface area contributed by atoms with Crippen LogP contribution in [0, 0.1) is 0 Å². The van der Waals surface area contributed by atoms with Gasteiger partial charge in [0.25, 0.3) is 0 Å². The van der Waals surface area contributed by atoms with Gasteiger partial charge in [0.1, 0.15) is 0 Å². The van der Waals surface area contributed by atoms with Crippen LogP contribution in [0.2, 0.25) is 10.0 Å². The molecule has 2 atom stereocenters. The largest absolute Gasteiger partial charge is 0.391 e. The minimum absolute atomic E-state index is 0. The Morgan fingerprint density at radius 1 is 1.36 bits per heavy atom. The summed E-state index contributed by atoms with van der Waals surface area (Å²) in [4.78, 5) is 0. The van der Waals surface area contributed by atoms with E-state index in [1.165, 1.54) is 0 Å². The minimum Gasteiger partial charge on any atom is -0.391 e. The van der Waals surface area contributed by atoms with Crippen molar-refractivity contribution in [3.63, 3.8) is 0 Å². The van der Waals surface area contributed by atoms with Gasteiger partial charge in [-0.1, -0.05) is 29.3 Å². The first kappa shape index (κ1) is 14.0. The van der Waals surface area contributed by atoms with E-state index in [0.29, 0.717) is 15.6 Å². The van der Waals surface area contributed by atoms with Crippen LogP contribution >= 0.6 is 35.6 Å². The van der Waals surface area contributed by atoms with Gasteiger partial charge in [-0.2, -0.15) is 0 Å². The number of benzene rings is 1. The molecule has 0 aliphatic heterocycles. The zero-order valence-corrected chi connectivity index (χ0v) is 9.90. The highest BCUT2D eigenvalue weighted by Gasteiger charge is 2.14. The molecule has 0 saturated heterocycles. The molecule has 1 aromatic carbocycles. The van der Waals surface area contributed by atoms with Gasteiger partial charge in [-0.15, -0.1) is 12.4 Å². The lowest BCUT2D eigenvalue weighted by molar-refractivity contribution is 0.164. The van der Waals surface area contributed by atoms with E-state index >= 15 is 0 Å². The van der Waals surface area contributed by atoms with Crippen LogP contribution in [0.3, 0.4) is 0 Å². The summed E-state index contributed by atoms with van der Waals surface area (Å²) in [6.07, 6.45) is -0.626. The third-order valence-electron chi connectivity index (χ3n) is 1.84. The van der Waals surface area contributed by atoms with Crippen molar-refractivity contribution in [2.75, 3.05) is 0 Å². The fourth-order valence-corrected chi connectivity index (χ4v) is 1.57. The van der Waals surface area contributed by atoms with Crippen molar-refractivity contribution in [2.24, 2.45) is 5.73 Å². The Balaban J connectivity index is 0.00000169. The lowest BCUT2D eigenvalue weighted by Gasteiger charge is -2.16. The Kier molecular flexibility index (Phi) is 5.79. The van der Waals surface area contributed by atoms with Crippen molar-refractivity contribution in [2.45, 2.75) is 19.1 Å². The van der Waals surface area contributed by atoms with Gasteiger partial charge in [-0.3, -0.25) is 0 Å². The Morgan fingerprint density at radius 3 is 2.36 bits per heavy atom. The van der Waals surface area contributed by atoms with Crippen LogP contribution in [0.4, 0.5) is 0 Å². The molecule has 1 aromatic rings. The molecule has 0 amide bonds. The number of halogens is 3. The lowest BCUT2D eigenvalue weighted by Crippen LogP contribution is -2.23. The molecule has 0 spiro atoms. The number of rotatable bonds is 2. The third kappa shape index (κ3) is 3.30. The fourth-order valence-electron chi connectivity index (χ4n) is 1.03. The predicted octanol–water partition coefficient (Wildman–Crippen LogP) is 2.80. The van der Waals surface area contributed by atoms with Gasteiger partial charge >= 0.3 is 0 Å². The normalized spacial score (nSPS) is 14.4. The molecule has 0 unspecified atom stereocenters. The van der Waals surface area contributed by atoms with Gasteiger partial charge in [0.2, 0.25) is 0 Å². The fraction of sp³-hybridized carbons (Fsp3) is 0.333. The molecule has 0 aliphatic rings. The standard InChI is InChI=1S/C9H11Cl2NO.ClH/c1-5(13)9(12)7-3-2-6(10)4-8(7)11;/h2-5,9,13H,12H2,1H3;1H/t5-,9-;/m1./s1. The molecule has 0 aliphatic carbocycles. The second-order valence-corrected chi connectivity index (χ2v) is 3.78. The van der Waals surface area contributed by atoms with E-state index < -0.39 is 12.1 Å². The van der Waals surface area contributed by atoms with Gasteiger partial charge in [0, 0.05) is 10.0 Å². The number of nitrogens with two attached hydrogens (primary N) is 1. The van der Waals surface area contributed by atoms with Crippen molar-refractivity contribution in [3.8, 4) is 0 Å². The zero-order valence-electron chi connectivity index (χ0n) is 7.58. The number of aliphatic hydroxyl groups excluding tert-OH is 1. The molecule has 80 valence electrons. The summed E-state index contributed by atoms with van der Waals surface area (Å²) >= 11 is 11.6. The number of hydrogen-bond donors (Lipinski definition) is 2. The first-order chi connectivity index (χ1) is 6.02. The first-order valence-corrected chi connectivity index (χ1v) is 4.66. The number of aliphatic hydroxyl groups is 1. The summed E-state index contributed by atoms with van der Waals surface area (Å²) < 4.78 is 0. The topological polar surface area (TPSA) is 46.2 Å². The summed E-state index contributed by atoms with van der Waals surface area (Å²) in [5.41, 5.74) is 6.42. The molecule has 0 radical (unpaired) electrons. The molecule has 1 rings (SSSR count). The average molecular weight is 257 g/mol. The Labute approximate surface area is 99.4 Å². The predicted molar refractivity (Wildman–Crippen MR) is 62.3 cm³/mol. The van der Waals surface area contributed by atoms with Crippen molar-refractivity contribution < 1.29 is 5.11 Å². The summed E-state index contributed by atoms with van der Waals surface area (Å²) in [6, 6.07) is 4.57. The van der Waals surface area contributed by atoms with Crippen LogP contribution in [-0.4, -0.2) is 11.2 Å². The maximum atomic E-state index is 9.25. The molecule has 0 aromatic heterocycles.